The Morgan fingerprint density at radius 3 is 3.08 bits per heavy atom. The molecule has 136 valence electrons. The highest BCUT2D eigenvalue weighted by atomic mass is 127. The Bertz CT molecular complexity index is 471. The number of aliphatic imine (C=N–C) groups is 1. The van der Waals surface area contributed by atoms with Gasteiger partial charge in [-0.3, -0.25) is 4.99 Å². The minimum absolute atomic E-state index is 0. The van der Waals surface area contributed by atoms with Gasteiger partial charge in [-0.15, -0.1) is 30.6 Å². The first-order valence-corrected chi connectivity index (χ1v) is 8.50. The molecule has 0 aliphatic carbocycles. The Kier molecular flexibility index (Phi) is 10.8. The molecule has 1 aromatic heterocycles. The van der Waals surface area contributed by atoms with Crippen LogP contribution < -0.4 is 5.32 Å². The lowest BCUT2D eigenvalue weighted by molar-refractivity contribution is 0.187. The van der Waals surface area contributed by atoms with Gasteiger partial charge in [0.15, 0.2) is 5.96 Å². The highest BCUT2D eigenvalue weighted by molar-refractivity contribution is 14.0. The number of nitrogens with one attached hydrogen (secondary N) is 1. The number of nitrogens with zero attached hydrogens (tertiary/aromatic N) is 2. The molecular weight excluding hydrogens is 417 g/mol. The van der Waals surface area contributed by atoms with Gasteiger partial charge >= 0.3 is 0 Å². The van der Waals surface area contributed by atoms with Crippen LogP contribution >= 0.6 is 24.0 Å². The molecule has 6 heteroatoms. The van der Waals surface area contributed by atoms with Crippen molar-refractivity contribution in [2.45, 2.75) is 25.7 Å². The molecule has 0 amide bonds. The quantitative estimate of drug-likeness (QED) is 0.208. The standard InChI is InChI=1S/C18H29N3O2.HI/c1-3-4-5-11-21(2)18(20-14-16-9-13-22-15-16)19-10-8-17-7-6-12-23-17;/h3,6-7,12,16H,1,4-5,8-11,13-15H2,2H3,(H,19,20);1H. The first-order valence-electron chi connectivity index (χ1n) is 8.50. The molecule has 0 spiro atoms. The van der Waals surface area contributed by atoms with Crippen molar-refractivity contribution in [3.63, 3.8) is 0 Å². The number of rotatable bonds is 9. The van der Waals surface area contributed by atoms with E-state index in [2.05, 4.69) is 23.8 Å². The molecule has 1 N–H and O–H groups in total. The van der Waals surface area contributed by atoms with Crippen LogP contribution in [0.15, 0.2) is 40.5 Å². The van der Waals surface area contributed by atoms with Crippen molar-refractivity contribution in [1.29, 1.82) is 0 Å². The predicted molar refractivity (Wildman–Crippen MR) is 109 cm³/mol. The van der Waals surface area contributed by atoms with E-state index in [0.29, 0.717) is 5.92 Å². The smallest absolute Gasteiger partial charge is 0.193 e. The fraction of sp³-hybridized carbons (Fsp3) is 0.611. The van der Waals surface area contributed by atoms with Crippen molar-refractivity contribution < 1.29 is 9.15 Å². The summed E-state index contributed by atoms with van der Waals surface area (Å²) < 4.78 is 10.8. The zero-order valence-electron chi connectivity index (χ0n) is 14.6. The van der Waals surface area contributed by atoms with Crippen LogP contribution in [0, 0.1) is 5.92 Å². The molecule has 1 aromatic rings. The van der Waals surface area contributed by atoms with Crippen molar-refractivity contribution in [3.05, 3.63) is 36.8 Å². The van der Waals surface area contributed by atoms with Gasteiger partial charge in [0, 0.05) is 45.6 Å². The van der Waals surface area contributed by atoms with E-state index in [0.717, 1.165) is 70.3 Å². The van der Waals surface area contributed by atoms with Gasteiger partial charge in [-0.05, 0) is 31.4 Å². The van der Waals surface area contributed by atoms with Gasteiger partial charge in [0.05, 0.1) is 12.9 Å². The lowest BCUT2D eigenvalue weighted by atomic mass is 10.1. The van der Waals surface area contributed by atoms with E-state index >= 15 is 0 Å². The Balaban J connectivity index is 0.00000288. The second kappa shape index (κ2) is 12.4. The summed E-state index contributed by atoms with van der Waals surface area (Å²) in [5.74, 6) is 2.52. The van der Waals surface area contributed by atoms with Crippen LogP contribution in [0.1, 0.15) is 25.0 Å². The minimum Gasteiger partial charge on any atom is -0.469 e. The van der Waals surface area contributed by atoms with Crippen LogP contribution in [0.5, 0.6) is 0 Å². The summed E-state index contributed by atoms with van der Waals surface area (Å²) >= 11 is 0. The first-order chi connectivity index (χ1) is 11.3. The van der Waals surface area contributed by atoms with Crippen LogP contribution in [0.3, 0.4) is 0 Å². The third-order valence-corrected chi connectivity index (χ3v) is 4.02. The summed E-state index contributed by atoms with van der Waals surface area (Å²) in [4.78, 5) is 6.99. The third kappa shape index (κ3) is 7.70. The van der Waals surface area contributed by atoms with Crippen molar-refractivity contribution in [2.24, 2.45) is 10.9 Å². The van der Waals surface area contributed by atoms with Gasteiger partial charge in [0.1, 0.15) is 5.76 Å². The molecule has 1 aliphatic rings. The second-order valence-electron chi connectivity index (χ2n) is 6.00. The molecule has 1 fully saturated rings. The molecule has 1 aliphatic heterocycles. The average Bonchev–Trinajstić information content (AvgIpc) is 3.24. The van der Waals surface area contributed by atoms with Gasteiger partial charge in [-0.2, -0.15) is 0 Å². The Hall–Kier alpha value is -1.02. The summed E-state index contributed by atoms with van der Waals surface area (Å²) in [7, 11) is 2.09. The molecule has 24 heavy (non-hydrogen) atoms. The fourth-order valence-corrected chi connectivity index (χ4v) is 2.59. The Morgan fingerprint density at radius 2 is 2.42 bits per heavy atom. The van der Waals surface area contributed by atoms with Crippen LogP contribution in [0.2, 0.25) is 0 Å². The number of halogens is 1. The minimum atomic E-state index is 0. The molecule has 5 nitrogen and oxygen atoms in total. The zero-order chi connectivity index (χ0) is 16.3. The van der Waals surface area contributed by atoms with Crippen molar-refractivity contribution in [3.8, 4) is 0 Å². The maximum atomic E-state index is 5.43. The summed E-state index contributed by atoms with van der Waals surface area (Å²) in [6, 6.07) is 3.92. The van der Waals surface area contributed by atoms with E-state index in [4.69, 9.17) is 14.1 Å². The molecule has 1 unspecified atom stereocenters. The lowest BCUT2D eigenvalue weighted by Gasteiger charge is -2.22. The van der Waals surface area contributed by atoms with E-state index < -0.39 is 0 Å². The van der Waals surface area contributed by atoms with Crippen LogP contribution in [-0.4, -0.2) is 50.8 Å². The number of guanidine groups is 1. The summed E-state index contributed by atoms with van der Waals surface area (Å²) in [6.07, 6.45) is 7.77. The van der Waals surface area contributed by atoms with Crippen molar-refractivity contribution in [1.82, 2.24) is 10.2 Å². The number of hydrogen-bond acceptors (Lipinski definition) is 3. The second-order valence-corrected chi connectivity index (χ2v) is 6.00. The normalized spacial score (nSPS) is 17.4. The Morgan fingerprint density at radius 1 is 1.54 bits per heavy atom. The predicted octanol–water partition coefficient (Wildman–Crippen LogP) is 3.32. The number of hydrogen-bond donors (Lipinski definition) is 1. The van der Waals surface area contributed by atoms with Crippen molar-refractivity contribution >= 4 is 29.9 Å². The SMILES string of the molecule is C=CCCCN(C)C(=NCC1CCOC1)NCCc1ccco1.I. The summed E-state index contributed by atoms with van der Waals surface area (Å²) in [5, 5.41) is 3.46. The lowest BCUT2D eigenvalue weighted by Crippen LogP contribution is -2.40. The molecule has 2 rings (SSSR count). The van der Waals surface area contributed by atoms with Gasteiger partial charge in [-0.25, -0.2) is 0 Å². The number of allylic oxidation sites excluding steroid dienone is 1. The largest absolute Gasteiger partial charge is 0.469 e. The molecule has 0 aromatic carbocycles. The molecular formula is C18H30IN3O2. The summed E-state index contributed by atoms with van der Waals surface area (Å²) in [5.41, 5.74) is 0. The van der Waals surface area contributed by atoms with E-state index in [9.17, 15) is 0 Å². The monoisotopic (exact) mass is 447 g/mol. The molecule has 1 saturated heterocycles. The maximum Gasteiger partial charge on any atom is 0.193 e. The van der Waals surface area contributed by atoms with Gasteiger partial charge in [0.2, 0.25) is 0 Å². The third-order valence-electron chi connectivity index (χ3n) is 4.02. The maximum absolute atomic E-state index is 5.43. The highest BCUT2D eigenvalue weighted by Gasteiger charge is 2.16. The zero-order valence-corrected chi connectivity index (χ0v) is 16.9. The van der Waals surface area contributed by atoms with Crippen molar-refractivity contribution in [2.75, 3.05) is 39.9 Å². The van der Waals surface area contributed by atoms with Crippen LogP contribution in [0.4, 0.5) is 0 Å². The number of furan rings is 1. The number of ether oxygens (including phenoxy) is 1. The van der Waals surface area contributed by atoms with E-state index in [1.807, 2.05) is 18.2 Å². The first kappa shape index (κ1) is 21.0. The van der Waals surface area contributed by atoms with E-state index in [1.54, 1.807) is 6.26 Å². The topological polar surface area (TPSA) is 50.0 Å². The molecule has 0 bridgehead atoms. The molecule has 1 atom stereocenters. The molecule has 0 radical (unpaired) electrons. The highest BCUT2D eigenvalue weighted by Crippen LogP contribution is 2.12. The number of unbranched alkanes of at least 4 members (excludes halogenated alkanes) is 1. The van der Waals surface area contributed by atoms with Gasteiger partial charge in [-0.1, -0.05) is 6.08 Å². The van der Waals surface area contributed by atoms with Gasteiger partial charge < -0.3 is 19.4 Å². The molecule has 0 saturated carbocycles. The van der Waals surface area contributed by atoms with E-state index in [-0.39, 0.29) is 24.0 Å². The van der Waals surface area contributed by atoms with Crippen LogP contribution in [-0.2, 0) is 11.2 Å². The fourth-order valence-electron chi connectivity index (χ4n) is 2.59. The Labute approximate surface area is 162 Å². The van der Waals surface area contributed by atoms with E-state index in [1.165, 1.54) is 0 Å². The average molecular weight is 447 g/mol. The van der Waals surface area contributed by atoms with Gasteiger partial charge in [0.25, 0.3) is 0 Å². The summed E-state index contributed by atoms with van der Waals surface area (Å²) in [6.45, 7) is 8.11. The molecule has 2 heterocycles. The van der Waals surface area contributed by atoms with Crippen LogP contribution in [0.25, 0.3) is 0 Å².